The lowest BCUT2D eigenvalue weighted by molar-refractivity contribution is -0.120. The topological polar surface area (TPSA) is 57.0 Å². The summed E-state index contributed by atoms with van der Waals surface area (Å²) in [5, 5.41) is 9.24. The van der Waals surface area contributed by atoms with Crippen molar-refractivity contribution in [3.63, 3.8) is 0 Å². The SMILES string of the molecule is CN(C(=O)C(C#N)Cc1ccccc1)c1cccnc1. The molecular weight excluding hydrogens is 250 g/mol. The van der Waals surface area contributed by atoms with Crippen LogP contribution in [0.25, 0.3) is 0 Å². The molecule has 4 heteroatoms. The summed E-state index contributed by atoms with van der Waals surface area (Å²) in [5.41, 5.74) is 1.66. The van der Waals surface area contributed by atoms with Crippen LogP contribution >= 0.6 is 0 Å². The molecule has 1 heterocycles. The van der Waals surface area contributed by atoms with Gasteiger partial charge in [-0.15, -0.1) is 0 Å². The number of carbonyl (C=O) groups excluding carboxylic acids is 1. The molecule has 1 amide bonds. The molecule has 0 aliphatic carbocycles. The lowest BCUT2D eigenvalue weighted by atomic mass is 9.99. The van der Waals surface area contributed by atoms with Gasteiger partial charge in [-0.2, -0.15) is 5.26 Å². The van der Waals surface area contributed by atoms with Gasteiger partial charge in [-0.3, -0.25) is 9.78 Å². The van der Waals surface area contributed by atoms with E-state index in [0.717, 1.165) is 5.56 Å². The molecule has 1 atom stereocenters. The highest BCUT2D eigenvalue weighted by Gasteiger charge is 2.23. The maximum absolute atomic E-state index is 12.4. The van der Waals surface area contributed by atoms with Crippen molar-refractivity contribution in [3.05, 3.63) is 60.4 Å². The van der Waals surface area contributed by atoms with Gasteiger partial charge >= 0.3 is 0 Å². The van der Waals surface area contributed by atoms with Crippen molar-refractivity contribution in [2.45, 2.75) is 6.42 Å². The van der Waals surface area contributed by atoms with E-state index in [0.29, 0.717) is 12.1 Å². The van der Waals surface area contributed by atoms with Crippen molar-refractivity contribution < 1.29 is 4.79 Å². The third kappa shape index (κ3) is 3.21. The average molecular weight is 265 g/mol. The Morgan fingerprint density at radius 1 is 1.30 bits per heavy atom. The number of benzene rings is 1. The summed E-state index contributed by atoms with van der Waals surface area (Å²) in [6.07, 6.45) is 3.67. The van der Waals surface area contributed by atoms with Crippen LogP contribution < -0.4 is 4.90 Å². The van der Waals surface area contributed by atoms with Crippen LogP contribution in [0.3, 0.4) is 0 Å². The molecule has 1 unspecified atom stereocenters. The molecule has 0 spiro atoms. The minimum absolute atomic E-state index is 0.218. The number of anilines is 1. The van der Waals surface area contributed by atoms with Crippen LogP contribution in [0.15, 0.2) is 54.9 Å². The first kappa shape index (κ1) is 13.8. The number of hydrogen-bond acceptors (Lipinski definition) is 3. The van der Waals surface area contributed by atoms with Crippen molar-refractivity contribution in [1.29, 1.82) is 5.26 Å². The van der Waals surface area contributed by atoms with E-state index in [4.69, 9.17) is 0 Å². The van der Waals surface area contributed by atoms with Crippen LogP contribution in [-0.2, 0) is 11.2 Å². The number of nitriles is 1. The largest absolute Gasteiger partial charge is 0.313 e. The van der Waals surface area contributed by atoms with Crippen LogP contribution in [0.4, 0.5) is 5.69 Å². The number of carbonyl (C=O) groups is 1. The van der Waals surface area contributed by atoms with Gasteiger partial charge in [0.2, 0.25) is 5.91 Å². The predicted molar refractivity (Wildman–Crippen MR) is 76.9 cm³/mol. The minimum Gasteiger partial charge on any atom is -0.313 e. The zero-order valence-corrected chi connectivity index (χ0v) is 11.2. The van der Waals surface area contributed by atoms with Crippen LogP contribution in [0, 0.1) is 17.2 Å². The maximum Gasteiger partial charge on any atom is 0.244 e. The second-order valence-corrected chi connectivity index (χ2v) is 4.48. The highest BCUT2D eigenvalue weighted by molar-refractivity contribution is 5.96. The Morgan fingerprint density at radius 3 is 2.65 bits per heavy atom. The van der Waals surface area contributed by atoms with Gasteiger partial charge in [-0.25, -0.2) is 0 Å². The number of pyridine rings is 1. The normalized spacial score (nSPS) is 11.4. The van der Waals surface area contributed by atoms with E-state index < -0.39 is 5.92 Å². The molecule has 0 radical (unpaired) electrons. The van der Waals surface area contributed by atoms with E-state index >= 15 is 0 Å². The van der Waals surface area contributed by atoms with E-state index in [1.54, 1.807) is 31.6 Å². The van der Waals surface area contributed by atoms with Crippen LogP contribution in [-0.4, -0.2) is 17.9 Å². The smallest absolute Gasteiger partial charge is 0.244 e. The van der Waals surface area contributed by atoms with Crippen LogP contribution in [0.5, 0.6) is 0 Å². The Bertz CT molecular complexity index is 605. The van der Waals surface area contributed by atoms with Gasteiger partial charge in [0.25, 0.3) is 0 Å². The van der Waals surface area contributed by atoms with Gasteiger partial charge in [-0.1, -0.05) is 30.3 Å². The third-order valence-corrected chi connectivity index (χ3v) is 3.10. The van der Waals surface area contributed by atoms with Crippen molar-refractivity contribution in [2.24, 2.45) is 5.92 Å². The fraction of sp³-hybridized carbons (Fsp3) is 0.188. The highest BCUT2D eigenvalue weighted by atomic mass is 16.2. The van der Waals surface area contributed by atoms with Crippen molar-refractivity contribution >= 4 is 11.6 Å². The maximum atomic E-state index is 12.4. The molecule has 0 aliphatic rings. The molecule has 0 N–H and O–H groups in total. The van der Waals surface area contributed by atoms with Gasteiger partial charge in [0, 0.05) is 13.2 Å². The Kier molecular flexibility index (Phi) is 4.46. The van der Waals surface area contributed by atoms with E-state index in [9.17, 15) is 10.1 Å². The number of rotatable bonds is 4. The quantitative estimate of drug-likeness (QED) is 0.853. The van der Waals surface area contributed by atoms with E-state index in [1.165, 1.54) is 4.90 Å². The average Bonchev–Trinajstić information content (AvgIpc) is 2.53. The fourth-order valence-corrected chi connectivity index (χ4v) is 1.95. The van der Waals surface area contributed by atoms with Gasteiger partial charge in [0.1, 0.15) is 5.92 Å². The summed E-state index contributed by atoms with van der Waals surface area (Å²) < 4.78 is 0. The monoisotopic (exact) mass is 265 g/mol. The van der Waals surface area contributed by atoms with E-state index in [-0.39, 0.29) is 5.91 Å². The molecule has 100 valence electrons. The fourth-order valence-electron chi connectivity index (χ4n) is 1.95. The molecule has 0 bridgehead atoms. The molecule has 0 aliphatic heterocycles. The molecule has 4 nitrogen and oxygen atoms in total. The molecule has 0 fully saturated rings. The lowest BCUT2D eigenvalue weighted by Gasteiger charge is -2.19. The molecule has 1 aromatic carbocycles. The number of aromatic nitrogens is 1. The summed E-state index contributed by atoms with van der Waals surface area (Å²) in [7, 11) is 1.66. The second-order valence-electron chi connectivity index (χ2n) is 4.48. The predicted octanol–water partition coefficient (Wildman–Crippen LogP) is 2.43. The van der Waals surface area contributed by atoms with Gasteiger partial charge in [-0.05, 0) is 24.1 Å². The van der Waals surface area contributed by atoms with Crippen LogP contribution in [0.2, 0.25) is 0 Å². The standard InChI is InChI=1S/C16H15N3O/c1-19(15-8-5-9-18-12-15)16(20)14(11-17)10-13-6-3-2-4-7-13/h2-9,12,14H,10H2,1H3. The van der Waals surface area contributed by atoms with Gasteiger partial charge in [0.05, 0.1) is 18.0 Å². The van der Waals surface area contributed by atoms with E-state index in [1.807, 2.05) is 30.3 Å². The van der Waals surface area contributed by atoms with Gasteiger partial charge in [0.15, 0.2) is 0 Å². The summed E-state index contributed by atoms with van der Waals surface area (Å²) >= 11 is 0. The molecule has 0 saturated heterocycles. The molecular formula is C16H15N3O. The highest BCUT2D eigenvalue weighted by Crippen LogP contribution is 2.16. The molecule has 20 heavy (non-hydrogen) atoms. The summed E-state index contributed by atoms with van der Waals surface area (Å²) in [5.74, 6) is -0.910. The number of amides is 1. The Morgan fingerprint density at radius 2 is 2.05 bits per heavy atom. The van der Waals surface area contributed by atoms with Crippen LogP contribution in [0.1, 0.15) is 5.56 Å². The zero-order valence-electron chi connectivity index (χ0n) is 11.2. The number of nitrogens with zero attached hydrogens (tertiary/aromatic N) is 3. The Balaban J connectivity index is 2.12. The molecule has 2 aromatic rings. The summed E-state index contributed by atoms with van der Waals surface area (Å²) in [6.45, 7) is 0. The van der Waals surface area contributed by atoms with Gasteiger partial charge < -0.3 is 4.90 Å². The van der Waals surface area contributed by atoms with E-state index in [2.05, 4.69) is 11.1 Å². The first-order chi connectivity index (χ1) is 9.72. The lowest BCUT2D eigenvalue weighted by Crippen LogP contribution is -2.33. The van der Waals surface area contributed by atoms with Crippen molar-refractivity contribution in [3.8, 4) is 6.07 Å². The Hall–Kier alpha value is -2.67. The molecule has 1 aromatic heterocycles. The molecule has 2 rings (SSSR count). The Labute approximate surface area is 118 Å². The summed E-state index contributed by atoms with van der Waals surface area (Å²) in [6, 6.07) is 15.2. The summed E-state index contributed by atoms with van der Waals surface area (Å²) in [4.78, 5) is 17.8. The first-order valence-corrected chi connectivity index (χ1v) is 6.33. The first-order valence-electron chi connectivity index (χ1n) is 6.33. The second kappa shape index (κ2) is 6.48. The van der Waals surface area contributed by atoms with Crippen molar-refractivity contribution in [1.82, 2.24) is 4.98 Å². The number of hydrogen-bond donors (Lipinski definition) is 0. The molecule has 0 saturated carbocycles. The van der Waals surface area contributed by atoms with Crippen molar-refractivity contribution in [2.75, 3.05) is 11.9 Å². The minimum atomic E-state index is -0.692. The zero-order chi connectivity index (χ0) is 14.4. The third-order valence-electron chi connectivity index (χ3n) is 3.10.